The van der Waals surface area contributed by atoms with E-state index in [0.29, 0.717) is 6.42 Å². The summed E-state index contributed by atoms with van der Waals surface area (Å²) in [6.45, 7) is 0.797. The monoisotopic (exact) mass is 333 g/mol. The van der Waals surface area contributed by atoms with E-state index in [9.17, 15) is 9.59 Å². The molecule has 0 fully saturated rings. The van der Waals surface area contributed by atoms with E-state index in [4.69, 9.17) is 10.2 Å². The molecule has 0 atom stereocenters. The van der Waals surface area contributed by atoms with Crippen molar-refractivity contribution in [2.24, 2.45) is 0 Å². The Labute approximate surface area is 137 Å². The average molecular weight is 333 g/mol. The van der Waals surface area contributed by atoms with Gasteiger partial charge >= 0.3 is 12.1 Å². The van der Waals surface area contributed by atoms with Crippen LogP contribution in [-0.2, 0) is 4.79 Å². The Morgan fingerprint density at radius 2 is 1.17 bits per heavy atom. The van der Waals surface area contributed by atoms with Crippen molar-refractivity contribution in [1.29, 1.82) is 0 Å². The molecular weight excluding hydrogens is 302 g/mol. The maximum Gasteiger partial charge on any atom is 0.420 e. The summed E-state index contributed by atoms with van der Waals surface area (Å²) in [5.74, 6) is -0.696. The molecule has 0 radical (unpaired) electrons. The number of hydrazine groups is 4. The number of unbranched alkanes of at least 4 members (excludes halogenated alkanes) is 9. The van der Waals surface area contributed by atoms with Gasteiger partial charge in [0.15, 0.2) is 0 Å². The summed E-state index contributed by atoms with van der Waals surface area (Å²) in [6, 6.07) is 0. The molecule has 0 spiro atoms. The number of hydrogen-bond donors (Lipinski definition) is 7. The molecule has 0 saturated carbocycles. The van der Waals surface area contributed by atoms with Crippen LogP contribution in [0.2, 0.25) is 0 Å². The molecule has 0 unspecified atom stereocenters. The van der Waals surface area contributed by atoms with Crippen molar-refractivity contribution in [3.05, 3.63) is 0 Å². The molecule has 9 nitrogen and oxygen atoms in total. The number of rotatable bonds is 17. The van der Waals surface area contributed by atoms with Crippen LogP contribution < -0.4 is 27.5 Å². The first kappa shape index (κ1) is 21.6. The summed E-state index contributed by atoms with van der Waals surface area (Å²) in [4.78, 5) is 20.4. The molecule has 7 N–H and O–H groups in total. The Morgan fingerprint density at radius 3 is 1.70 bits per heavy atom. The third-order valence-corrected chi connectivity index (χ3v) is 3.33. The molecule has 136 valence electrons. The first-order valence-corrected chi connectivity index (χ1v) is 8.31. The number of carboxylic acids is 1. The molecule has 0 heterocycles. The quantitative estimate of drug-likeness (QED) is 0.158. The zero-order valence-corrected chi connectivity index (χ0v) is 13.7. The SMILES string of the molecule is O=C(O)CCCCCCCCCCCCNNNNNC(=O)O. The first-order chi connectivity index (χ1) is 11.1. The number of aliphatic carboxylic acids is 1. The van der Waals surface area contributed by atoms with E-state index in [1.54, 1.807) is 0 Å². The molecule has 9 heteroatoms. The predicted molar refractivity (Wildman–Crippen MR) is 87.0 cm³/mol. The molecule has 0 aliphatic carbocycles. The fourth-order valence-corrected chi connectivity index (χ4v) is 2.13. The Kier molecular flexibility index (Phi) is 15.9. The highest BCUT2D eigenvalue weighted by atomic mass is 16.4. The van der Waals surface area contributed by atoms with E-state index in [0.717, 1.165) is 38.6 Å². The zero-order valence-electron chi connectivity index (χ0n) is 13.7. The molecule has 0 aromatic heterocycles. The van der Waals surface area contributed by atoms with E-state index in [1.807, 2.05) is 5.43 Å². The van der Waals surface area contributed by atoms with Gasteiger partial charge in [-0.1, -0.05) is 51.4 Å². The maximum atomic E-state index is 10.3. The van der Waals surface area contributed by atoms with Gasteiger partial charge in [-0.15, -0.1) is 0 Å². The fourth-order valence-electron chi connectivity index (χ4n) is 2.13. The summed E-state index contributed by atoms with van der Waals surface area (Å²) >= 11 is 0. The lowest BCUT2D eigenvalue weighted by molar-refractivity contribution is -0.137. The minimum Gasteiger partial charge on any atom is -0.481 e. The van der Waals surface area contributed by atoms with Gasteiger partial charge < -0.3 is 10.2 Å². The van der Waals surface area contributed by atoms with Crippen molar-refractivity contribution in [1.82, 2.24) is 27.5 Å². The normalized spacial score (nSPS) is 10.6. The zero-order chi connectivity index (χ0) is 17.2. The highest BCUT2D eigenvalue weighted by Gasteiger charge is 1.97. The second kappa shape index (κ2) is 16.9. The minimum atomic E-state index is -1.17. The number of carboxylic acid groups (broad SMARTS) is 2. The smallest absolute Gasteiger partial charge is 0.420 e. The summed E-state index contributed by atoms with van der Waals surface area (Å²) < 4.78 is 0. The highest BCUT2D eigenvalue weighted by molar-refractivity contribution is 5.66. The van der Waals surface area contributed by atoms with E-state index in [-0.39, 0.29) is 0 Å². The second-order valence-corrected chi connectivity index (χ2v) is 5.41. The molecule has 0 aromatic rings. The van der Waals surface area contributed by atoms with Crippen LogP contribution in [0.1, 0.15) is 70.6 Å². The number of nitrogens with one attached hydrogen (secondary N) is 5. The van der Waals surface area contributed by atoms with Crippen molar-refractivity contribution in [3.63, 3.8) is 0 Å². The van der Waals surface area contributed by atoms with Crippen LogP contribution in [0.25, 0.3) is 0 Å². The van der Waals surface area contributed by atoms with Gasteiger partial charge in [0, 0.05) is 13.0 Å². The second-order valence-electron chi connectivity index (χ2n) is 5.41. The third-order valence-electron chi connectivity index (χ3n) is 3.33. The molecule has 23 heavy (non-hydrogen) atoms. The fraction of sp³-hybridized carbons (Fsp3) is 0.857. The van der Waals surface area contributed by atoms with Crippen molar-refractivity contribution < 1.29 is 19.8 Å². The minimum absolute atomic E-state index is 0.296. The largest absolute Gasteiger partial charge is 0.481 e. The molecule has 0 bridgehead atoms. The van der Waals surface area contributed by atoms with E-state index in [2.05, 4.69) is 22.0 Å². The summed E-state index contributed by atoms with van der Waals surface area (Å²) in [6.07, 6.45) is 10.4. The third kappa shape index (κ3) is 20.6. The highest BCUT2D eigenvalue weighted by Crippen LogP contribution is 2.11. The lowest BCUT2D eigenvalue weighted by atomic mass is 10.1. The van der Waals surface area contributed by atoms with Gasteiger partial charge in [0.2, 0.25) is 0 Å². The number of amides is 1. The maximum absolute atomic E-state index is 10.3. The average Bonchev–Trinajstić information content (AvgIpc) is 2.49. The van der Waals surface area contributed by atoms with E-state index >= 15 is 0 Å². The molecule has 0 aliphatic heterocycles. The van der Waals surface area contributed by atoms with Gasteiger partial charge in [0.1, 0.15) is 0 Å². The van der Waals surface area contributed by atoms with Crippen molar-refractivity contribution in [3.8, 4) is 0 Å². The molecular formula is C14H31N5O4. The number of carbonyl (C=O) groups is 2. The first-order valence-electron chi connectivity index (χ1n) is 8.31. The Morgan fingerprint density at radius 1 is 0.652 bits per heavy atom. The Hall–Kier alpha value is -1.42. The van der Waals surface area contributed by atoms with Gasteiger partial charge in [0.25, 0.3) is 0 Å². The van der Waals surface area contributed by atoms with Crippen LogP contribution in [-0.4, -0.2) is 28.8 Å². The van der Waals surface area contributed by atoms with Crippen molar-refractivity contribution in [2.75, 3.05) is 6.54 Å². The standard InChI is InChI=1S/C14H31N5O4/c20-13(21)11-9-7-5-3-1-2-4-6-8-10-12-15-17-19-18-16-14(22)23/h15-19H,1-12H2,(H,20,21)(H,22,23). The summed E-state index contributed by atoms with van der Waals surface area (Å²) in [7, 11) is 0. The van der Waals surface area contributed by atoms with Crippen LogP contribution >= 0.6 is 0 Å². The van der Waals surface area contributed by atoms with Crippen molar-refractivity contribution in [2.45, 2.75) is 70.6 Å². The van der Waals surface area contributed by atoms with E-state index < -0.39 is 12.1 Å². The number of hydrogen-bond acceptors (Lipinski definition) is 6. The Balaban J connectivity index is 3.00. The van der Waals surface area contributed by atoms with Crippen LogP contribution in [0.4, 0.5) is 4.79 Å². The van der Waals surface area contributed by atoms with Gasteiger partial charge in [-0.2, -0.15) is 16.6 Å². The summed E-state index contributed by atoms with van der Waals surface area (Å²) in [5, 5.41) is 16.8. The molecule has 1 amide bonds. The van der Waals surface area contributed by atoms with Crippen LogP contribution in [0, 0.1) is 0 Å². The predicted octanol–water partition coefficient (Wildman–Crippen LogP) is 1.65. The lowest BCUT2D eigenvalue weighted by Crippen LogP contribution is -2.56. The van der Waals surface area contributed by atoms with Crippen LogP contribution in [0.15, 0.2) is 0 Å². The van der Waals surface area contributed by atoms with Gasteiger partial charge in [0.05, 0.1) is 0 Å². The molecule has 0 aromatic carbocycles. The van der Waals surface area contributed by atoms with Crippen LogP contribution in [0.3, 0.4) is 0 Å². The molecule has 0 aliphatic rings. The Bertz CT molecular complexity index is 277. The van der Waals surface area contributed by atoms with Gasteiger partial charge in [-0.3, -0.25) is 4.79 Å². The lowest BCUT2D eigenvalue weighted by Gasteiger charge is -2.09. The van der Waals surface area contributed by atoms with Crippen molar-refractivity contribution >= 4 is 12.1 Å². The van der Waals surface area contributed by atoms with E-state index in [1.165, 1.54) is 32.1 Å². The van der Waals surface area contributed by atoms with Gasteiger partial charge in [-0.25, -0.2) is 15.6 Å². The van der Waals surface area contributed by atoms with Gasteiger partial charge in [-0.05, 0) is 12.8 Å². The van der Waals surface area contributed by atoms with Crippen LogP contribution in [0.5, 0.6) is 0 Å². The summed E-state index contributed by atoms with van der Waals surface area (Å²) in [5.41, 5.74) is 12.1. The molecule has 0 saturated heterocycles. The topological polar surface area (TPSA) is 135 Å². The molecule has 0 rings (SSSR count).